The Morgan fingerprint density at radius 2 is 2.04 bits per heavy atom. The first-order valence-electron chi connectivity index (χ1n) is 8.16. The molecule has 7 nitrogen and oxygen atoms in total. The van der Waals surface area contributed by atoms with Gasteiger partial charge in [-0.15, -0.1) is 0 Å². The number of carbonyl (C=O) groups is 2. The first-order chi connectivity index (χ1) is 12.1. The molecule has 0 bridgehead atoms. The molecule has 0 spiro atoms. The number of carboxylic acid groups (broad SMARTS) is 1. The van der Waals surface area contributed by atoms with Gasteiger partial charge >= 0.3 is 5.97 Å². The highest BCUT2D eigenvalue weighted by Gasteiger charge is 2.35. The Balaban J connectivity index is 1.64. The zero-order valence-corrected chi connectivity index (χ0v) is 13.4. The standard InChI is InChI=1S/C18H17NO6/c20-17(15-9-11(10-25-15)18(21)22)19-6-2-4-13(19)12-3-1-5-14-16(12)24-8-7-23-14/h1,3,5,9-10,13H,2,4,6-8H2,(H,21,22). The van der Waals surface area contributed by atoms with Gasteiger partial charge in [-0.25, -0.2) is 4.79 Å². The topological polar surface area (TPSA) is 89.2 Å². The van der Waals surface area contributed by atoms with Crippen molar-refractivity contribution < 1.29 is 28.6 Å². The lowest BCUT2D eigenvalue weighted by Crippen LogP contribution is -2.31. The number of rotatable bonds is 3. The predicted octanol–water partition coefficient (Wildman–Crippen LogP) is 2.73. The summed E-state index contributed by atoms with van der Waals surface area (Å²) in [6.45, 7) is 1.57. The molecule has 3 heterocycles. The minimum absolute atomic E-state index is 0.0336. The molecule has 0 aliphatic carbocycles. The summed E-state index contributed by atoms with van der Waals surface area (Å²) in [5, 5.41) is 8.99. The number of likely N-dealkylation sites (tertiary alicyclic amines) is 1. The highest BCUT2D eigenvalue weighted by molar-refractivity contribution is 5.95. The van der Waals surface area contributed by atoms with Gasteiger partial charge in [0.2, 0.25) is 0 Å². The lowest BCUT2D eigenvalue weighted by Gasteiger charge is -2.28. The second-order valence-electron chi connectivity index (χ2n) is 6.03. The number of carbonyl (C=O) groups excluding carboxylic acids is 1. The van der Waals surface area contributed by atoms with Crippen molar-refractivity contribution in [1.82, 2.24) is 4.90 Å². The van der Waals surface area contributed by atoms with Crippen LogP contribution in [0.25, 0.3) is 0 Å². The molecule has 1 aromatic heterocycles. The quantitative estimate of drug-likeness (QED) is 0.922. The average Bonchev–Trinajstić information content (AvgIpc) is 3.30. The van der Waals surface area contributed by atoms with Gasteiger partial charge in [0.1, 0.15) is 19.5 Å². The van der Waals surface area contributed by atoms with Gasteiger partial charge in [-0.3, -0.25) is 4.79 Å². The molecule has 1 saturated heterocycles. The molecule has 1 fully saturated rings. The van der Waals surface area contributed by atoms with Crippen LogP contribution in [-0.2, 0) is 0 Å². The van der Waals surface area contributed by atoms with Crippen molar-refractivity contribution in [3.05, 3.63) is 47.4 Å². The van der Waals surface area contributed by atoms with E-state index in [2.05, 4.69) is 0 Å². The van der Waals surface area contributed by atoms with Crippen molar-refractivity contribution in [1.29, 1.82) is 0 Å². The van der Waals surface area contributed by atoms with Gasteiger partial charge in [-0.1, -0.05) is 12.1 Å². The summed E-state index contributed by atoms with van der Waals surface area (Å²) in [4.78, 5) is 25.5. The van der Waals surface area contributed by atoms with Gasteiger partial charge in [-0.2, -0.15) is 0 Å². The Morgan fingerprint density at radius 3 is 2.84 bits per heavy atom. The maximum absolute atomic E-state index is 12.8. The first kappa shape index (κ1) is 15.6. The molecule has 1 amide bonds. The molecule has 2 aromatic rings. The normalized spacial score (nSPS) is 19.0. The van der Waals surface area contributed by atoms with Crippen molar-refractivity contribution in [3.63, 3.8) is 0 Å². The van der Waals surface area contributed by atoms with E-state index in [1.165, 1.54) is 6.07 Å². The highest BCUT2D eigenvalue weighted by atomic mass is 16.6. The van der Waals surface area contributed by atoms with Crippen LogP contribution in [0.3, 0.4) is 0 Å². The summed E-state index contributed by atoms with van der Waals surface area (Å²) < 4.78 is 16.6. The average molecular weight is 343 g/mol. The fraction of sp³-hybridized carbons (Fsp3) is 0.333. The van der Waals surface area contributed by atoms with E-state index in [0.29, 0.717) is 31.3 Å². The Morgan fingerprint density at radius 1 is 1.20 bits per heavy atom. The number of nitrogens with zero attached hydrogens (tertiary/aromatic N) is 1. The predicted molar refractivity (Wildman–Crippen MR) is 86.1 cm³/mol. The Bertz CT molecular complexity index is 827. The minimum Gasteiger partial charge on any atom is -0.486 e. The highest BCUT2D eigenvalue weighted by Crippen LogP contribution is 2.43. The molecule has 2 aliphatic heterocycles. The third-order valence-corrected chi connectivity index (χ3v) is 4.53. The molecule has 25 heavy (non-hydrogen) atoms. The van der Waals surface area contributed by atoms with Crippen LogP contribution < -0.4 is 9.47 Å². The molecular weight excluding hydrogens is 326 g/mol. The van der Waals surface area contributed by atoms with Crippen LogP contribution in [0.5, 0.6) is 11.5 Å². The molecule has 1 atom stereocenters. The molecule has 2 aliphatic rings. The minimum atomic E-state index is -1.12. The van der Waals surface area contributed by atoms with E-state index in [1.807, 2.05) is 18.2 Å². The van der Waals surface area contributed by atoms with Crippen molar-refractivity contribution >= 4 is 11.9 Å². The van der Waals surface area contributed by atoms with Gasteiger partial charge in [0.25, 0.3) is 5.91 Å². The fourth-order valence-corrected chi connectivity index (χ4v) is 3.39. The third kappa shape index (κ3) is 2.71. The van der Waals surface area contributed by atoms with Gasteiger partial charge in [0, 0.05) is 18.2 Å². The van der Waals surface area contributed by atoms with Gasteiger partial charge in [0.15, 0.2) is 17.3 Å². The summed E-state index contributed by atoms with van der Waals surface area (Å²) in [6, 6.07) is 6.79. The van der Waals surface area contributed by atoms with E-state index < -0.39 is 5.97 Å². The van der Waals surface area contributed by atoms with E-state index in [-0.39, 0.29) is 23.3 Å². The van der Waals surface area contributed by atoms with E-state index in [4.69, 9.17) is 19.0 Å². The number of benzene rings is 1. The zero-order valence-electron chi connectivity index (χ0n) is 13.4. The Labute approximate surface area is 143 Å². The first-order valence-corrected chi connectivity index (χ1v) is 8.16. The lowest BCUT2D eigenvalue weighted by molar-refractivity contribution is 0.0688. The van der Waals surface area contributed by atoms with Crippen molar-refractivity contribution in [3.8, 4) is 11.5 Å². The van der Waals surface area contributed by atoms with Crippen LogP contribution in [0.1, 0.15) is 45.4 Å². The van der Waals surface area contributed by atoms with Crippen molar-refractivity contribution in [2.24, 2.45) is 0 Å². The number of hydrogen-bond donors (Lipinski definition) is 1. The monoisotopic (exact) mass is 343 g/mol. The Kier molecular flexibility index (Phi) is 3.83. The van der Waals surface area contributed by atoms with Crippen molar-refractivity contribution in [2.45, 2.75) is 18.9 Å². The van der Waals surface area contributed by atoms with Crippen LogP contribution in [0.4, 0.5) is 0 Å². The van der Waals surface area contributed by atoms with Crippen LogP contribution >= 0.6 is 0 Å². The van der Waals surface area contributed by atoms with Crippen molar-refractivity contribution in [2.75, 3.05) is 19.8 Å². The summed E-state index contributed by atoms with van der Waals surface area (Å²) in [5.41, 5.74) is 0.876. The second-order valence-corrected chi connectivity index (χ2v) is 6.03. The zero-order chi connectivity index (χ0) is 17.4. The second kappa shape index (κ2) is 6.16. The SMILES string of the molecule is O=C(O)c1coc(C(=O)N2CCCC2c2cccc3c2OCCO3)c1. The van der Waals surface area contributed by atoms with Gasteiger partial charge in [-0.05, 0) is 18.9 Å². The smallest absolute Gasteiger partial charge is 0.338 e. The third-order valence-electron chi connectivity index (χ3n) is 4.53. The summed E-state index contributed by atoms with van der Waals surface area (Å²) in [7, 11) is 0. The summed E-state index contributed by atoms with van der Waals surface area (Å²) >= 11 is 0. The number of fused-ring (bicyclic) bond motifs is 1. The van der Waals surface area contributed by atoms with Gasteiger partial charge < -0.3 is 23.9 Å². The van der Waals surface area contributed by atoms with E-state index >= 15 is 0 Å². The molecule has 0 radical (unpaired) electrons. The molecule has 4 rings (SSSR count). The number of amides is 1. The molecule has 7 heteroatoms. The molecule has 130 valence electrons. The van der Waals surface area contributed by atoms with Gasteiger partial charge in [0.05, 0.1) is 11.6 Å². The van der Waals surface area contributed by atoms with E-state index in [9.17, 15) is 9.59 Å². The van der Waals surface area contributed by atoms with Crippen LogP contribution in [0, 0.1) is 0 Å². The number of ether oxygens (including phenoxy) is 2. The number of para-hydroxylation sites is 1. The Hall–Kier alpha value is -2.96. The maximum atomic E-state index is 12.8. The summed E-state index contributed by atoms with van der Waals surface area (Å²) in [6.07, 6.45) is 2.74. The maximum Gasteiger partial charge on any atom is 0.338 e. The molecular formula is C18H17NO6. The van der Waals surface area contributed by atoms with Crippen LogP contribution in [0.15, 0.2) is 34.9 Å². The number of hydrogen-bond acceptors (Lipinski definition) is 5. The van der Waals surface area contributed by atoms with Crippen LogP contribution in [0.2, 0.25) is 0 Å². The molecule has 0 saturated carbocycles. The number of aromatic carboxylic acids is 1. The van der Waals surface area contributed by atoms with Crippen LogP contribution in [-0.4, -0.2) is 41.6 Å². The summed E-state index contributed by atoms with van der Waals surface area (Å²) in [5.74, 6) is -0.0302. The molecule has 1 aromatic carbocycles. The number of furan rings is 1. The van der Waals surface area contributed by atoms with E-state index in [0.717, 1.165) is 24.7 Å². The molecule has 1 unspecified atom stereocenters. The molecule has 1 N–H and O–H groups in total. The lowest BCUT2D eigenvalue weighted by atomic mass is 10.0. The number of carboxylic acids is 1. The van der Waals surface area contributed by atoms with E-state index in [1.54, 1.807) is 4.90 Å². The largest absolute Gasteiger partial charge is 0.486 e. The fourth-order valence-electron chi connectivity index (χ4n) is 3.39.